The number of nitrogens with one attached hydrogen (secondary N) is 1. The maximum Gasteiger partial charge on any atom is 0.195 e. The predicted octanol–water partition coefficient (Wildman–Crippen LogP) is 3.27. The highest BCUT2D eigenvalue weighted by Crippen LogP contribution is 2.12. The molecule has 0 spiro atoms. The molecule has 4 nitrogen and oxygen atoms in total. The van der Waals surface area contributed by atoms with E-state index in [1.165, 1.54) is 0 Å². The Hall–Kier alpha value is -0.680. The molecule has 0 saturated heterocycles. The summed E-state index contributed by atoms with van der Waals surface area (Å²) in [5.74, 6) is 1.44. The number of nitrogens with zero attached hydrogens (tertiary/aromatic N) is 2. The Morgan fingerprint density at radius 1 is 1.29 bits per heavy atom. The highest BCUT2D eigenvalue weighted by molar-refractivity contribution is 7.71. The quantitative estimate of drug-likeness (QED) is 0.602. The van der Waals surface area contributed by atoms with Gasteiger partial charge in [0.2, 0.25) is 0 Å². The zero-order chi connectivity index (χ0) is 12.8. The second kappa shape index (κ2) is 6.91. The van der Waals surface area contributed by atoms with Gasteiger partial charge in [0.15, 0.2) is 4.77 Å². The second-order valence-corrected chi connectivity index (χ2v) is 5.21. The number of hydrogen-bond acceptors (Lipinski definition) is 3. The maximum absolute atomic E-state index is 5.51. The van der Waals surface area contributed by atoms with E-state index >= 15 is 0 Å². The van der Waals surface area contributed by atoms with Crippen molar-refractivity contribution in [1.29, 1.82) is 0 Å². The number of rotatable bonds is 7. The minimum atomic E-state index is 0.317. The third-order valence-electron chi connectivity index (χ3n) is 2.53. The fraction of sp³-hybridized carbons (Fsp3) is 0.833. The van der Waals surface area contributed by atoms with Gasteiger partial charge in [0.25, 0.3) is 0 Å². The summed E-state index contributed by atoms with van der Waals surface area (Å²) in [6.45, 7) is 10.1. The van der Waals surface area contributed by atoms with Crippen molar-refractivity contribution in [3.8, 4) is 0 Å². The summed E-state index contributed by atoms with van der Waals surface area (Å²) in [6.07, 6.45) is 2.44. The zero-order valence-electron chi connectivity index (χ0n) is 11.2. The third kappa shape index (κ3) is 4.60. The molecule has 0 radical (unpaired) electrons. The van der Waals surface area contributed by atoms with Crippen LogP contribution in [0.1, 0.15) is 52.3 Å². The molecule has 0 unspecified atom stereocenters. The first-order valence-corrected chi connectivity index (χ1v) is 6.70. The smallest absolute Gasteiger partial charge is 0.195 e. The average molecular weight is 257 g/mol. The van der Waals surface area contributed by atoms with Crippen molar-refractivity contribution in [2.45, 2.75) is 59.1 Å². The molecule has 0 aliphatic heterocycles. The molecule has 0 amide bonds. The number of aromatic nitrogens is 3. The van der Waals surface area contributed by atoms with Crippen LogP contribution in [0.3, 0.4) is 0 Å². The van der Waals surface area contributed by atoms with Crippen LogP contribution in [0.2, 0.25) is 0 Å². The number of hydrogen-bond donors (Lipinski definition) is 1. The van der Waals surface area contributed by atoms with Crippen molar-refractivity contribution in [2.75, 3.05) is 6.61 Å². The van der Waals surface area contributed by atoms with Crippen LogP contribution >= 0.6 is 12.2 Å². The second-order valence-electron chi connectivity index (χ2n) is 4.82. The molecule has 0 fully saturated rings. The molecule has 17 heavy (non-hydrogen) atoms. The van der Waals surface area contributed by atoms with Crippen LogP contribution in [-0.2, 0) is 11.3 Å². The molecular formula is C12H23N3OS. The fourth-order valence-electron chi connectivity index (χ4n) is 1.68. The summed E-state index contributed by atoms with van der Waals surface area (Å²) < 4.78 is 8.32. The first-order valence-electron chi connectivity index (χ1n) is 6.29. The maximum atomic E-state index is 5.51. The predicted molar refractivity (Wildman–Crippen MR) is 71.8 cm³/mol. The number of aromatic amines is 1. The van der Waals surface area contributed by atoms with E-state index in [0.717, 1.165) is 36.6 Å². The van der Waals surface area contributed by atoms with Gasteiger partial charge in [-0.25, -0.2) is 0 Å². The first kappa shape index (κ1) is 14.4. The van der Waals surface area contributed by atoms with Gasteiger partial charge in [0.1, 0.15) is 5.82 Å². The van der Waals surface area contributed by atoms with Gasteiger partial charge in [-0.05, 0) is 38.9 Å². The summed E-state index contributed by atoms with van der Waals surface area (Å²) in [5.41, 5.74) is 0. The molecule has 1 heterocycles. The van der Waals surface area contributed by atoms with Crippen LogP contribution in [0.4, 0.5) is 0 Å². The van der Waals surface area contributed by atoms with Crippen LogP contribution in [0, 0.1) is 4.77 Å². The Morgan fingerprint density at radius 2 is 2.00 bits per heavy atom. The van der Waals surface area contributed by atoms with E-state index in [9.17, 15) is 0 Å². The minimum Gasteiger partial charge on any atom is -0.379 e. The lowest BCUT2D eigenvalue weighted by molar-refractivity contribution is 0.0754. The molecule has 5 heteroatoms. The van der Waals surface area contributed by atoms with E-state index in [1.807, 2.05) is 0 Å². The molecule has 0 atom stereocenters. The van der Waals surface area contributed by atoms with E-state index < -0.39 is 0 Å². The molecule has 1 rings (SSSR count). The SMILES string of the molecule is CC(C)OCCCCn1c(C(C)C)n[nH]c1=S. The molecule has 0 saturated carbocycles. The molecule has 98 valence electrons. The molecule has 0 aliphatic carbocycles. The Kier molecular flexibility index (Phi) is 5.85. The van der Waals surface area contributed by atoms with Gasteiger partial charge in [-0.3, -0.25) is 5.10 Å². The van der Waals surface area contributed by atoms with Gasteiger partial charge in [-0.2, -0.15) is 5.10 Å². The molecule has 0 aliphatic rings. The number of H-pyrrole nitrogens is 1. The third-order valence-corrected chi connectivity index (χ3v) is 2.84. The lowest BCUT2D eigenvalue weighted by Gasteiger charge is -2.10. The zero-order valence-corrected chi connectivity index (χ0v) is 12.0. The summed E-state index contributed by atoms with van der Waals surface area (Å²) >= 11 is 5.23. The van der Waals surface area contributed by atoms with Crippen LogP contribution in [0.25, 0.3) is 0 Å². The van der Waals surface area contributed by atoms with E-state index in [-0.39, 0.29) is 0 Å². The standard InChI is InChI=1S/C12H23N3OS/c1-9(2)11-13-14-12(17)15(11)7-5-6-8-16-10(3)4/h9-10H,5-8H2,1-4H3,(H,14,17). The normalized spacial score (nSPS) is 11.6. The van der Waals surface area contributed by atoms with Crippen molar-refractivity contribution >= 4 is 12.2 Å². The van der Waals surface area contributed by atoms with Crippen molar-refractivity contribution in [3.63, 3.8) is 0 Å². The summed E-state index contributed by atoms with van der Waals surface area (Å²) in [5, 5.41) is 7.12. The van der Waals surface area contributed by atoms with Gasteiger partial charge in [0.05, 0.1) is 6.10 Å². The van der Waals surface area contributed by atoms with E-state index in [2.05, 4.69) is 42.5 Å². The number of unbranched alkanes of at least 4 members (excludes halogenated alkanes) is 1. The topological polar surface area (TPSA) is 42.8 Å². The van der Waals surface area contributed by atoms with Crippen LogP contribution in [-0.4, -0.2) is 27.5 Å². The molecule has 1 aromatic heterocycles. The Balaban J connectivity index is 2.41. The van der Waals surface area contributed by atoms with Crippen LogP contribution in [0.5, 0.6) is 0 Å². The first-order chi connectivity index (χ1) is 8.02. The Labute approximate surface area is 108 Å². The molecule has 1 aromatic rings. The molecule has 1 N–H and O–H groups in total. The van der Waals surface area contributed by atoms with Gasteiger partial charge in [0, 0.05) is 19.1 Å². The van der Waals surface area contributed by atoms with Crippen molar-refractivity contribution in [3.05, 3.63) is 10.6 Å². The van der Waals surface area contributed by atoms with Gasteiger partial charge in [-0.15, -0.1) is 0 Å². The molecular weight excluding hydrogens is 234 g/mol. The van der Waals surface area contributed by atoms with Gasteiger partial charge >= 0.3 is 0 Å². The fourth-order valence-corrected chi connectivity index (χ4v) is 1.91. The summed E-state index contributed by atoms with van der Waals surface area (Å²) in [6, 6.07) is 0. The van der Waals surface area contributed by atoms with Crippen LogP contribution < -0.4 is 0 Å². The molecule has 0 aromatic carbocycles. The van der Waals surface area contributed by atoms with Gasteiger partial charge < -0.3 is 9.30 Å². The summed E-state index contributed by atoms with van der Waals surface area (Å²) in [7, 11) is 0. The van der Waals surface area contributed by atoms with E-state index in [1.54, 1.807) is 0 Å². The largest absolute Gasteiger partial charge is 0.379 e. The van der Waals surface area contributed by atoms with E-state index in [0.29, 0.717) is 12.0 Å². The highest BCUT2D eigenvalue weighted by Gasteiger charge is 2.09. The van der Waals surface area contributed by atoms with Crippen molar-refractivity contribution < 1.29 is 4.74 Å². The summed E-state index contributed by atoms with van der Waals surface area (Å²) in [4.78, 5) is 0. The van der Waals surface area contributed by atoms with Gasteiger partial charge in [-0.1, -0.05) is 13.8 Å². The average Bonchev–Trinajstić information content (AvgIpc) is 2.59. The monoisotopic (exact) mass is 257 g/mol. The lowest BCUT2D eigenvalue weighted by atomic mass is 10.2. The Bertz CT molecular complexity index is 381. The van der Waals surface area contributed by atoms with E-state index in [4.69, 9.17) is 17.0 Å². The van der Waals surface area contributed by atoms with Crippen LogP contribution in [0.15, 0.2) is 0 Å². The van der Waals surface area contributed by atoms with Crippen molar-refractivity contribution in [1.82, 2.24) is 14.8 Å². The highest BCUT2D eigenvalue weighted by atomic mass is 32.1. The van der Waals surface area contributed by atoms with Crippen molar-refractivity contribution in [2.24, 2.45) is 0 Å². The molecule has 0 bridgehead atoms. The number of ether oxygens (including phenoxy) is 1. The lowest BCUT2D eigenvalue weighted by Crippen LogP contribution is -2.08. The minimum absolute atomic E-state index is 0.317. The Morgan fingerprint density at radius 3 is 2.59 bits per heavy atom.